The SMILES string of the molecule is O=C(NN1C(=O)C2C3c4ccccc4C(c4ccccc43)[C@@H]2C1=O)c1ccc(Br)cc1. The van der Waals surface area contributed by atoms with E-state index < -0.39 is 17.7 Å². The molecule has 5 nitrogen and oxygen atoms in total. The molecule has 4 aliphatic rings. The smallest absolute Gasteiger partial charge is 0.270 e. The summed E-state index contributed by atoms with van der Waals surface area (Å²) < 4.78 is 0.843. The monoisotopic (exact) mass is 472 g/mol. The zero-order valence-electron chi connectivity index (χ0n) is 16.3. The standard InChI is InChI=1S/C25H17BrN2O3/c26-14-11-9-13(10-12-14)23(29)27-28-24(30)21-19-15-5-1-2-6-16(15)20(22(21)25(28)31)18-8-4-3-7-17(18)19/h1-12,19-22H,(H,27,29)/t19?,20?,21-,22?/m0/s1. The molecule has 2 bridgehead atoms. The van der Waals surface area contributed by atoms with Gasteiger partial charge >= 0.3 is 0 Å². The van der Waals surface area contributed by atoms with Crippen molar-refractivity contribution in [2.24, 2.45) is 11.8 Å². The van der Waals surface area contributed by atoms with Gasteiger partial charge < -0.3 is 0 Å². The Balaban J connectivity index is 1.41. The molecule has 3 aromatic carbocycles. The third-order valence-electron chi connectivity index (χ3n) is 6.77. The number of nitrogens with zero attached hydrogens (tertiary/aromatic N) is 1. The number of carbonyl (C=O) groups excluding carboxylic acids is 3. The topological polar surface area (TPSA) is 66.5 Å². The van der Waals surface area contributed by atoms with Crippen molar-refractivity contribution in [3.63, 3.8) is 0 Å². The summed E-state index contributed by atoms with van der Waals surface area (Å²) in [5.74, 6) is -2.53. The van der Waals surface area contributed by atoms with Crippen molar-refractivity contribution in [3.8, 4) is 0 Å². The Morgan fingerprint density at radius 3 is 1.55 bits per heavy atom. The highest BCUT2D eigenvalue weighted by molar-refractivity contribution is 9.10. The van der Waals surface area contributed by atoms with Crippen LogP contribution in [0.2, 0.25) is 0 Å². The molecule has 2 atom stereocenters. The molecule has 1 N–H and O–H groups in total. The number of rotatable bonds is 2. The van der Waals surface area contributed by atoms with Gasteiger partial charge in [0.1, 0.15) is 0 Å². The predicted octanol–water partition coefficient (Wildman–Crippen LogP) is 3.99. The van der Waals surface area contributed by atoms with Crippen LogP contribution in [0.3, 0.4) is 0 Å². The quantitative estimate of drug-likeness (QED) is 0.573. The van der Waals surface area contributed by atoms with Crippen LogP contribution in [0, 0.1) is 11.8 Å². The number of halogens is 1. The van der Waals surface area contributed by atoms with Gasteiger partial charge in [0, 0.05) is 21.9 Å². The van der Waals surface area contributed by atoms with E-state index in [0.29, 0.717) is 5.56 Å². The molecular weight excluding hydrogens is 456 g/mol. The lowest BCUT2D eigenvalue weighted by Gasteiger charge is -2.45. The Morgan fingerprint density at radius 1 is 0.710 bits per heavy atom. The summed E-state index contributed by atoms with van der Waals surface area (Å²) in [6.07, 6.45) is 0. The second kappa shape index (κ2) is 6.62. The Morgan fingerprint density at radius 2 is 1.13 bits per heavy atom. The van der Waals surface area contributed by atoms with Crippen LogP contribution in [0.15, 0.2) is 77.3 Å². The Kier molecular flexibility index (Phi) is 3.96. The Hall–Kier alpha value is -3.25. The van der Waals surface area contributed by atoms with Crippen LogP contribution in [-0.2, 0) is 9.59 Å². The first-order chi connectivity index (χ1) is 15.1. The number of imide groups is 1. The normalized spacial score (nSPS) is 25.1. The highest BCUT2D eigenvalue weighted by Gasteiger charge is 2.62. The van der Waals surface area contributed by atoms with E-state index in [1.54, 1.807) is 24.3 Å². The van der Waals surface area contributed by atoms with Crippen molar-refractivity contribution in [1.29, 1.82) is 0 Å². The lowest BCUT2D eigenvalue weighted by molar-refractivity contribution is -0.142. The summed E-state index contributed by atoms with van der Waals surface area (Å²) in [5.41, 5.74) is 7.38. The van der Waals surface area contributed by atoms with Crippen molar-refractivity contribution in [2.45, 2.75) is 11.8 Å². The van der Waals surface area contributed by atoms with Crippen LogP contribution in [-0.4, -0.2) is 22.7 Å². The first-order valence-electron chi connectivity index (χ1n) is 10.2. The van der Waals surface area contributed by atoms with Gasteiger partial charge in [-0.05, 0) is 46.5 Å². The minimum atomic E-state index is -0.507. The van der Waals surface area contributed by atoms with Crippen LogP contribution in [0.4, 0.5) is 0 Å². The molecule has 1 heterocycles. The van der Waals surface area contributed by atoms with Crippen LogP contribution < -0.4 is 5.43 Å². The fourth-order valence-electron chi connectivity index (χ4n) is 5.55. The summed E-state index contributed by atoms with van der Waals surface area (Å²) in [5, 5.41) is 0.956. The van der Waals surface area contributed by atoms with Crippen LogP contribution >= 0.6 is 15.9 Å². The maximum absolute atomic E-state index is 13.5. The molecule has 0 radical (unpaired) electrons. The van der Waals surface area contributed by atoms with Gasteiger partial charge in [-0.1, -0.05) is 64.5 Å². The molecule has 0 saturated carbocycles. The number of benzene rings is 3. The molecule has 1 aliphatic heterocycles. The highest BCUT2D eigenvalue weighted by atomic mass is 79.9. The number of carbonyl (C=O) groups is 3. The van der Waals surface area contributed by atoms with Gasteiger partial charge in [-0.3, -0.25) is 19.8 Å². The highest BCUT2D eigenvalue weighted by Crippen LogP contribution is 2.60. The second-order valence-corrected chi connectivity index (χ2v) is 9.14. The summed E-state index contributed by atoms with van der Waals surface area (Å²) in [6, 6.07) is 22.9. The maximum atomic E-state index is 13.5. The van der Waals surface area contributed by atoms with Gasteiger partial charge in [-0.15, -0.1) is 0 Å². The fraction of sp³-hybridized carbons (Fsp3) is 0.160. The average molecular weight is 473 g/mol. The number of nitrogens with one attached hydrogen (secondary N) is 1. The molecule has 1 saturated heterocycles. The third-order valence-corrected chi connectivity index (χ3v) is 7.30. The molecule has 6 heteroatoms. The zero-order valence-corrected chi connectivity index (χ0v) is 17.9. The van der Waals surface area contributed by atoms with E-state index in [-0.39, 0.29) is 23.7 Å². The van der Waals surface area contributed by atoms with Crippen LogP contribution in [0.5, 0.6) is 0 Å². The lowest BCUT2D eigenvalue weighted by Crippen LogP contribution is -2.46. The molecule has 7 rings (SSSR count). The van der Waals surface area contributed by atoms with Gasteiger partial charge in [0.2, 0.25) is 0 Å². The molecule has 3 aromatic rings. The number of hydrogen-bond acceptors (Lipinski definition) is 3. The maximum Gasteiger partial charge on any atom is 0.270 e. The van der Waals surface area contributed by atoms with Crippen molar-refractivity contribution < 1.29 is 14.4 Å². The molecule has 3 amide bonds. The molecule has 1 unspecified atom stereocenters. The summed E-state index contributed by atoms with van der Waals surface area (Å²) in [4.78, 5) is 39.7. The predicted molar refractivity (Wildman–Crippen MR) is 117 cm³/mol. The second-order valence-electron chi connectivity index (χ2n) is 8.22. The average Bonchev–Trinajstić information content (AvgIpc) is 3.05. The van der Waals surface area contributed by atoms with Crippen LogP contribution in [0.1, 0.15) is 44.4 Å². The van der Waals surface area contributed by atoms with E-state index in [2.05, 4.69) is 45.6 Å². The van der Waals surface area contributed by atoms with Gasteiger partial charge in [0.05, 0.1) is 11.8 Å². The molecule has 3 aliphatic carbocycles. The van der Waals surface area contributed by atoms with Crippen LogP contribution in [0.25, 0.3) is 0 Å². The van der Waals surface area contributed by atoms with E-state index in [4.69, 9.17) is 0 Å². The largest absolute Gasteiger partial charge is 0.272 e. The zero-order chi connectivity index (χ0) is 21.3. The van der Waals surface area contributed by atoms with Crippen molar-refractivity contribution in [2.75, 3.05) is 0 Å². The summed E-state index contributed by atoms with van der Waals surface area (Å²) in [7, 11) is 0. The van der Waals surface area contributed by atoms with E-state index >= 15 is 0 Å². The minimum Gasteiger partial charge on any atom is -0.272 e. The third kappa shape index (κ3) is 2.51. The molecule has 31 heavy (non-hydrogen) atoms. The van der Waals surface area contributed by atoms with E-state index in [1.807, 2.05) is 24.3 Å². The molecule has 0 aromatic heterocycles. The molecule has 152 valence electrons. The van der Waals surface area contributed by atoms with E-state index in [9.17, 15) is 14.4 Å². The molecule has 0 spiro atoms. The van der Waals surface area contributed by atoms with Gasteiger partial charge in [0.15, 0.2) is 0 Å². The number of hydrogen-bond donors (Lipinski definition) is 1. The van der Waals surface area contributed by atoms with Crippen molar-refractivity contribution >= 4 is 33.7 Å². The van der Waals surface area contributed by atoms with Crippen molar-refractivity contribution in [1.82, 2.24) is 10.4 Å². The first kappa shape index (κ1) is 18.5. The van der Waals surface area contributed by atoms with Gasteiger partial charge in [-0.2, -0.15) is 5.01 Å². The Labute approximate surface area is 187 Å². The van der Waals surface area contributed by atoms with Gasteiger partial charge in [-0.25, -0.2) is 0 Å². The number of hydrazine groups is 1. The fourth-order valence-corrected chi connectivity index (χ4v) is 5.82. The van der Waals surface area contributed by atoms with Crippen molar-refractivity contribution in [3.05, 3.63) is 105 Å². The number of amides is 3. The molecular formula is C25H17BrN2O3. The first-order valence-corrected chi connectivity index (χ1v) is 11.0. The molecule has 1 fully saturated rings. The van der Waals surface area contributed by atoms with E-state index in [0.717, 1.165) is 31.7 Å². The lowest BCUT2D eigenvalue weighted by atomic mass is 9.55. The van der Waals surface area contributed by atoms with E-state index in [1.165, 1.54) is 0 Å². The summed E-state index contributed by atoms with van der Waals surface area (Å²) in [6.45, 7) is 0. The minimum absolute atomic E-state index is 0.187. The van der Waals surface area contributed by atoms with Gasteiger partial charge in [0.25, 0.3) is 17.7 Å². The summed E-state index contributed by atoms with van der Waals surface area (Å²) >= 11 is 3.34. The Bertz CT molecular complexity index is 1150.